The van der Waals surface area contributed by atoms with E-state index in [-0.39, 0.29) is 11.7 Å². The van der Waals surface area contributed by atoms with Crippen molar-refractivity contribution in [3.63, 3.8) is 0 Å². The number of amides is 2. The molecule has 0 spiro atoms. The smallest absolute Gasteiger partial charge is 0.271 e. The molecule has 5 nitrogen and oxygen atoms in total. The summed E-state index contributed by atoms with van der Waals surface area (Å²) in [7, 11) is 0. The minimum absolute atomic E-state index is 0.0240. The second-order valence-corrected chi connectivity index (χ2v) is 6.46. The van der Waals surface area contributed by atoms with E-state index in [9.17, 15) is 9.59 Å². The molecule has 0 aliphatic carbocycles. The third-order valence-corrected chi connectivity index (χ3v) is 3.91. The first-order chi connectivity index (χ1) is 11.4. The molecule has 0 radical (unpaired) electrons. The minimum Gasteiger partial charge on any atom is -0.490 e. The highest BCUT2D eigenvalue weighted by molar-refractivity contribution is 9.10. The fraction of sp³-hybridized carbons (Fsp3) is 0.176. The molecule has 0 bridgehead atoms. The molecule has 2 N–H and O–H groups in total. The van der Waals surface area contributed by atoms with Crippen molar-refractivity contribution in [1.29, 1.82) is 0 Å². The number of nitrogens with one attached hydrogen (secondary N) is 2. The first-order valence-electron chi connectivity index (χ1n) is 7.20. The predicted molar refractivity (Wildman–Crippen MR) is 96.3 cm³/mol. The molecular formula is C17H16BrClN2O3. The quantitative estimate of drug-likeness (QED) is 0.748. The van der Waals surface area contributed by atoms with Crippen LogP contribution in [0, 0.1) is 0 Å². The van der Waals surface area contributed by atoms with Gasteiger partial charge in [-0.25, -0.2) is 0 Å². The lowest BCUT2D eigenvalue weighted by Gasteiger charge is -2.13. The van der Waals surface area contributed by atoms with Crippen LogP contribution in [0.15, 0.2) is 46.9 Å². The van der Waals surface area contributed by atoms with Gasteiger partial charge in [0.2, 0.25) is 0 Å². The molecule has 126 valence electrons. The maximum Gasteiger partial charge on any atom is 0.271 e. The molecule has 2 aromatic carbocycles. The Labute approximate surface area is 153 Å². The predicted octanol–water partition coefficient (Wildman–Crippen LogP) is 3.96. The lowest BCUT2D eigenvalue weighted by atomic mass is 10.2. The number of benzene rings is 2. The third-order valence-electron chi connectivity index (χ3n) is 2.96. The number of carbonyl (C=O) groups is 2. The van der Waals surface area contributed by atoms with Gasteiger partial charge in [0.1, 0.15) is 5.75 Å². The topological polar surface area (TPSA) is 67.4 Å². The molecule has 0 aromatic heterocycles. The molecular weight excluding hydrogens is 396 g/mol. The van der Waals surface area contributed by atoms with Crippen molar-refractivity contribution in [3.05, 3.63) is 63.1 Å². The summed E-state index contributed by atoms with van der Waals surface area (Å²) >= 11 is 9.30. The number of halogens is 2. The van der Waals surface area contributed by atoms with Gasteiger partial charge in [-0.2, -0.15) is 0 Å². The molecule has 2 aromatic rings. The van der Waals surface area contributed by atoms with Crippen LogP contribution in [0.25, 0.3) is 0 Å². The van der Waals surface area contributed by atoms with Crippen molar-refractivity contribution in [1.82, 2.24) is 10.9 Å². The van der Waals surface area contributed by atoms with Crippen LogP contribution in [-0.2, 0) is 0 Å². The van der Waals surface area contributed by atoms with Crippen LogP contribution in [0.4, 0.5) is 0 Å². The summed E-state index contributed by atoms with van der Waals surface area (Å²) in [6.07, 6.45) is 0.0240. The highest BCUT2D eigenvalue weighted by Gasteiger charge is 2.13. The van der Waals surface area contributed by atoms with E-state index < -0.39 is 11.8 Å². The number of hydrazine groups is 1. The molecule has 2 rings (SSSR count). The van der Waals surface area contributed by atoms with Gasteiger partial charge in [-0.1, -0.05) is 23.7 Å². The van der Waals surface area contributed by atoms with Crippen molar-refractivity contribution >= 4 is 39.3 Å². The molecule has 0 saturated carbocycles. The average molecular weight is 412 g/mol. The molecule has 0 fully saturated rings. The maximum absolute atomic E-state index is 12.1. The molecule has 0 atom stereocenters. The Bertz CT molecular complexity index is 765. The number of ether oxygens (including phenoxy) is 1. The molecule has 0 unspecified atom stereocenters. The molecule has 0 saturated heterocycles. The van der Waals surface area contributed by atoms with E-state index in [0.717, 1.165) is 0 Å². The summed E-state index contributed by atoms with van der Waals surface area (Å²) in [4.78, 5) is 24.1. The highest BCUT2D eigenvalue weighted by atomic mass is 79.9. The lowest BCUT2D eigenvalue weighted by Crippen LogP contribution is -2.41. The Balaban J connectivity index is 2.01. The van der Waals surface area contributed by atoms with E-state index in [1.54, 1.807) is 42.5 Å². The number of carbonyl (C=O) groups excluding carboxylic acids is 2. The largest absolute Gasteiger partial charge is 0.490 e. The van der Waals surface area contributed by atoms with Gasteiger partial charge in [0, 0.05) is 5.56 Å². The SMILES string of the molecule is CC(C)Oc1ccc(C(=O)NNC(=O)c2ccccc2Cl)cc1Br. The number of rotatable bonds is 4. The van der Waals surface area contributed by atoms with E-state index in [4.69, 9.17) is 16.3 Å². The Morgan fingerprint density at radius 3 is 2.38 bits per heavy atom. The minimum atomic E-state index is -0.493. The van der Waals surface area contributed by atoms with Gasteiger partial charge in [-0.3, -0.25) is 20.4 Å². The van der Waals surface area contributed by atoms with Crippen LogP contribution >= 0.6 is 27.5 Å². The van der Waals surface area contributed by atoms with Crippen LogP contribution in [0.2, 0.25) is 5.02 Å². The zero-order valence-corrected chi connectivity index (χ0v) is 15.4. The van der Waals surface area contributed by atoms with Gasteiger partial charge in [0.15, 0.2) is 0 Å². The second-order valence-electron chi connectivity index (χ2n) is 5.20. The zero-order chi connectivity index (χ0) is 17.7. The molecule has 24 heavy (non-hydrogen) atoms. The summed E-state index contributed by atoms with van der Waals surface area (Å²) in [6.45, 7) is 3.83. The van der Waals surface area contributed by atoms with Crippen LogP contribution in [0.1, 0.15) is 34.6 Å². The fourth-order valence-corrected chi connectivity index (χ4v) is 2.58. The van der Waals surface area contributed by atoms with Gasteiger partial charge in [-0.15, -0.1) is 0 Å². The van der Waals surface area contributed by atoms with Gasteiger partial charge in [-0.05, 0) is 60.1 Å². The van der Waals surface area contributed by atoms with Crippen molar-refractivity contribution in [2.45, 2.75) is 20.0 Å². The van der Waals surface area contributed by atoms with Crippen LogP contribution in [0.3, 0.4) is 0 Å². The summed E-state index contributed by atoms with van der Waals surface area (Å²) in [5.74, 6) is -0.304. The summed E-state index contributed by atoms with van der Waals surface area (Å²) in [6, 6.07) is 11.5. The van der Waals surface area contributed by atoms with Crippen LogP contribution < -0.4 is 15.6 Å². The van der Waals surface area contributed by atoms with Gasteiger partial charge < -0.3 is 4.74 Å². The van der Waals surface area contributed by atoms with E-state index in [1.165, 1.54) is 0 Å². The number of hydrogen-bond acceptors (Lipinski definition) is 3. The van der Waals surface area contributed by atoms with Crippen molar-refractivity contribution in [2.24, 2.45) is 0 Å². The van der Waals surface area contributed by atoms with Gasteiger partial charge in [0.25, 0.3) is 11.8 Å². The second kappa shape index (κ2) is 8.17. The molecule has 0 aliphatic rings. The first-order valence-corrected chi connectivity index (χ1v) is 8.37. The summed E-state index contributed by atoms with van der Waals surface area (Å²) < 4.78 is 6.24. The molecule has 0 heterocycles. The van der Waals surface area contributed by atoms with Gasteiger partial charge >= 0.3 is 0 Å². The van der Waals surface area contributed by atoms with Crippen LogP contribution in [0.5, 0.6) is 5.75 Å². The fourth-order valence-electron chi connectivity index (χ4n) is 1.89. The van der Waals surface area contributed by atoms with Crippen molar-refractivity contribution in [3.8, 4) is 5.75 Å². The van der Waals surface area contributed by atoms with Gasteiger partial charge in [0.05, 0.1) is 21.2 Å². The van der Waals surface area contributed by atoms with E-state index in [1.807, 2.05) is 13.8 Å². The Kier molecular flexibility index (Phi) is 6.23. The zero-order valence-electron chi connectivity index (χ0n) is 13.1. The third kappa shape index (κ3) is 4.72. The first kappa shape index (κ1) is 18.3. The van der Waals surface area contributed by atoms with E-state index in [0.29, 0.717) is 20.8 Å². The normalized spacial score (nSPS) is 10.4. The maximum atomic E-state index is 12.1. The number of hydrogen-bond donors (Lipinski definition) is 2. The lowest BCUT2D eigenvalue weighted by molar-refractivity contribution is 0.0846. The molecule has 7 heteroatoms. The van der Waals surface area contributed by atoms with Crippen molar-refractivity contribution < 1.29 is 14.3 Å². The molecule has 2 amide bonds. The van der Waals surface area contributed by atoms with Crippen molar-refractivity contribution in [2.75, 3.05) is 0 Å². The summed E-state index contributed by atoms with van der Waals surface area (Å²) in [5, 5.41) is 0.308. The summed E-state index contributed by atoms with van der Waals surface area (Å²) in [5.41, 5.74) is 5.34. The van der Waals surface area contributed by atoms with E-state index >= 15 is 0 Å². The highest BCUT2D eigenvalue weighted by Crippen LogP contribution is 2.26. The Hall–Kier alpha value is -2.05. The van der Waals surface area contributed by atoms with E-state index in [2.05, 4.69) is 26.8 Å². The monoisotopic (exact) mass is 410 g/mol. The average Bonchev–Trinajstić information content (AvgIpc) is 2.54. The Morgan fingerprint density at radius 2 is 1.75 bits per heavy atom. The molecule has 0 aliphatic heterocycles. The standard InChI is InChI=1S/C17H16BrClN2O3/c1-10(2)24-15-8-7-11(9-13(15)18)16(22)20-21-17(23)12-5-3-4-6-14(12)19/h3-10H,1-2H3,(H,20,22)(H,21,23). The Morgan fingerprint density at radius 1 is 1.08 bits per heavy atom. The van der Waals surface area contributed by atoms with Crippen LogP contribution in [-0.4, -0.2) is 17.9 Å².